The molecule has 0 aliphatic rings. The molecule has 0 spiro atoms. The van der Waals surface area contributed by atoms with Crippen LogP contribution < -0.4 is 5.43 Å². The van der Waals surface area contributed by atoms with Crippen LogP contribution in [0, 0.1) is 0 Å². The average molecular weight is 628 g/mol. The second-order valence-electron chi connectivity index (χ2n) is 13.6. The summed E-state index contributed by atoms with van der Waals surface area (Å²) in [6.07, 6.45) is 53.2. The van der Waals surface area contributed by atoms with Gasteiger partial charge in [0.1, 0.15) is 0 Å². The van der Waals surface area contributed by atoms with Gasteiger partial charge >= 0.3 is 0 Å². The Morgan fingerprint density at radius 2 is 0.733 bits per heavy atom. The topological polar surface area (TPSA) is 18.5 Å². The second-order valence-corrected chi connectivity index (χ2v) is 13.6. The fourth-order valence-corrected chi connectivity index (χ4v) is 5.64. The van der Waals surface area contributed by atoms with Gasteiger partial charge in [0.2, 0.25) is 0 Å². The summed E-state index contributed by atoms with van der Waals surface area (Å²) in [6, 6.07) is 0. The molecule has 0 aromatic carbocycles. The maximum absolute atomic E-state index is 3.79. The minimum atomic E-state index is 1.11. The van der Waals surface area contributed by atoms with E-state index in [0.29, 0.717) is 0 Å². The summed E-state index contributed by atoms with van der Waals surface area (Å²) in [5, 5.41) is 2.56. The molecule has 1 N–H and O–H groups in total. The molecule has 0 aliphatic carbocycles. The predicted molar refractivity (Wildman–Crippen MR) is 206 cm³/mol. The molecular weight excluding hydrogens is 546 g/mol. The number of unbranched alkanes of at least 4 members (excludes halogenated alkanes) is 19. The summed E-state index contributed by atoms with van der Waals surface area (Å²) in [6.45, 7) is 9.28. The largest absolute Gasteiger partial charge is 0.309 e. The molecule has 0 atom stereocenters. The Bertz CT molecular complexity index is 615. The second kappa shape index (κ2) is 39.0. The van der Waals surface area contributed by atoms with Crippen LogP contribution in [-0.4, -0.2) is 50.2 Å². The zero-order valence-electron chi connectivity index (χ0n) is 31.2. The maximum Gasteiger partial charge on any atom is 0.0130 e. The van der Waals surface area contributed by atoms with Gasteiger partial charge in [0.15, 0.2) is 0 Å². The molecule has 0 aromatic heterocycles. The molecule has 0 radical (unpaired) electrons. The first-order valence-electron chi connectivity index (χ1n) is 19.9. The number of hydrazine groups is 1. The van der Waals surface area contributed by atoms with Gasteiger partial charge in [-0.1, -0.05) is 140 Å². The van der Waals surface area contributed by atoms with E-state index < -0.39 is 0 Å². The Morgan fingerprint density at radius 3 is 1.13 bits per heavy atom. The zero-order valence-corrected chi connectivity index (χ0v) is 31.2. The summed E-state index contributed by atoms with van der Waals surface area (Å²) in [7, 11) is 4.35. The highest BCUT2D eigenvalue weighted by molar-refractivity contribution is 4.93. The van der Waals surface area contributed by atoms with Crippen LogP contribution in [0.15, 0.2) is 48.6 Å². The monoisotopic (exact) mass is 628 g/mol. The number of allylic oxidation sites excluding steroid dienone is 8. The molecule has 0 fully saturated rings. The van der Waals surface area contributed by atoms with E-state index in [-0.39, 0.29) is 0 Å². The molecule has 0 bridgehead atoms. The van der Waals surface area contributed by atoms with Gasteiger partial charge in [0, 0.05) is 19.6 Å². The first-order valence-corrected chi connectivity index (χ1v) is 19.9. The molecule has 0 rings (SSSR count). The Hall–Kier alpha value is -1.16. The summed E-state index contributed by atoms with van der Waals surface area (Å²) >= 11 is 0. The van der Waals surface area contributed by atoms with Gasteiger partial charge in [-0.25, -0.2) is 5.01 Å². The molecule has 0 aromatic rings. The van der Waals surface area contributed by atoms with Crippen LogP contribution in [0.2, 0.25) is 0 Å². The number of nitrogens with one attached hydrogen (secondary N) is 1. The highest BCUT2D eigenvalue weighted by atomic mass is 15.5. The quantitative estimate of drug-likeness (QED) is 0.0423. The third kappa shape index (κ3) is 38.9. The van der Waals surface area contributed by atoms with Crippen molar-refractivity contribution in [2.24, 2.45) is 0 Å². The van der Waals surface area contributed by atoms with E-state index in [0.717, 1.165) is 19.4 Å². The van der Waals surface area contributed by atoms with Crippen molar-refractivity contribution in [3.05, 3.63) is 48.6 Å². The summed E-state index contributed by atoms with van der Waals surface area (Å²) in [5.41, 5.74) is 3.79. The van der Waals surface area contributed by atoms with Gasteiger partial charge in [-0.15, -0.1) is 0 Å². The molecule has 0 saturated carbocycles. The molecule has 45 heavy (non-hydrogen) atoms. The lowest BCUT2D eigenvalue weighted by Crippen LogP contribution is -2.40. The smallest absolute Gasteiger partial charge is 0.0130 e. The van der Waals surface area contributed by atoms with Gasteiger partial charge in [0.25, 0.3) is 0 Å². The van der Waals surface area contributed by atoms with Crippen LogP contribution in [0.4, 0.5) is 0 Å². The van der Waals surface area contributed by atoms with E-state index in [2.05, 4.69) is 91.9 Å². The molecular formula is C42H81N3. The van der Waals surface area contributed by atoms with E-state index in [4.69, 9.17) is 0 Å². The van der Waals surface area contributed by atoms with Crippen LogP contribution in [0.25, 0.3) is 0 Å². The van der Waals surface area contributed by atoms with Crippen LogP contribution in [0.1, 0.15) is 181 Å². The Kier molecular flexibility index (Phi) is 38.0. The molecule has 0 unspecified atom stereocenters. The SMILES string of the molecule is CCCCC/C=C\C/C=C\CCCCCCCCN(CCCCCCCC/C=C\C/C=C\CCCCC)NCCCCN(C)C. The van der Waals surface area contributed by atoms with E-state index in [1.807, 2.05) is 0 Å². The van der Waals surface area contributed by atoms with Crippen molar-refractivity contribution in [3.63, 3.8) is 0 Å². The normalized spacial score (nSPS) is 12.6. The van der Waals surface area contributed by atoms with Crippen molar-refractivity contribution >= 4 is 0 Å². The number of hydrogen-bond donors (Lipinski definition) is 1. The third-order valence-electron chi connectivity index (χ3n) is 8.62. The summed E-state index contributed by atoms with van der Waals surface area (Å²) in [5.74, 6) is 0. The minimum Gasteiger partial charge on any atom is -0.309 e. The van der Waals surface area contributed by atoms with Crippen LogP contribution in [0.3, 0.4) is 0 Å². The first-order chi connectivity index (χ1) is 22.2. The molecule has 3 nitrogen and oxygen atoms in total. The molecule has 0 amide bonds. The zero-order chi connectivity index (χ0) is 32.7. The van der Waals surface area contributed by atoms with E-state index >= 15 is 0 Å². The molecule has 0 aliphatic heterocycles. The van der Waals surface area contributed by atoms with Crippen molar-refractivity contribution in [1.82, 2.24) is 15.3 Å². The van der Waals surface area contributed by atoms with Crippen molar-refractivity contribution < 1.29 is 0 Å². The van der Waals surface area contributed by atoms with Crippen molar-refractivity contribution in [2.45, 2.75) is 181 Å². The van der Waals surface area contributed by atoms with Crippen LogP contribution >= 0.6 is 0 Å². The number of nitrogens with zero attached hydrogens (tertiary/aromatic N) is 2. The van der Waals surface area contributed by atoms with E-state index in [1.54, 1.807) is 0 Å². The fraction of sp³-hybridized carbons (Fsp3) is 0.810. The molecule has 264 valence electrons. The maximum atomic E-state index is 3.79. The lowest BCUT2D eigenvalue weighted by Gasteiger charge is -2.24. The molecule has 0 saturated heterocycles. The standard InChI is InChI=1S/C42H81N3/c1-5-7-9-11-13-15-17-19-21-23-25-27-29-31-33-36-41-45(43-39-35-38-40-44(3)4)42-37-34-32-30-28-26-24-22-20-18-16-14-12-10-8-6-2/h13-16,19-22,43H,5-12,17-18,23-42H2,1-4H3/b15-13-,16-14-,21-19-,22-20-. The summed E-state index contributed by atoms with van der Waals surface area (Å²) < 4.78 is 0. The highest BCUT2D eigenvalue weighted by Gasteiger charge is 2.04. The molecule has 0 heterocycles. The van der Waals surface area contributed by atoms with Crippen molar-refractivity contribution in [2.75, 3.05) is 40.3 Å². The summed E-state index contributed by atoms with van der Waals surface area (Å²) in [4.78, 5) is 2.30. The van der Waals surface area contributed by atoms with E-state index in [9.17, 15) is 0 Å². The van der Waals surface area contributed by atoms with Gasteiger partial charge < -0.3 is 4.90 Å². The van der Waals surface area contributed by atoms with Gasteiger partial charge in [-0.05, 0) is 111 Å². The fourth-order valence-electron chi connectivity index (χ4n) is 5.64. The lowest BCUT2D eigenvalue weighted by atomic mass is 10.1. The van der Waals surface area contributed by atoms with Crippen molar-refractivity contribution in [3.8, 4) is 0 Å². The van der Waals surface area contributed by atoms with Crippen LogP contribution in [0.5, 0.6) is 0 Å². The number of hydrogen-bond acceptors (Lipinski definition) is 3. The Labute approximate surface area is 284 Å². The van der Waals surface area contributed by atoms with E-state index in [1.165, 1.54) is 174 Å². The Morgan fingerprint density at radius 1 is 0.378 bits per heavy atom. The molecule has 3 heteroatoms. The Balaban J connectivity index is 3.88. The third-order valence-corrected chi connectivity index (χ3v) is 8.62. The van der Waals surface area contributed by atoms with Crippen molar-refractivity contribution in [1.29, 1.82) is 0 Å². The predicted octanol–water partition coefficient (Wildman–Crippen LogP) is 12.8. The van der Waals surface area contributed by atoms with Gasteiger partial charge in [0.05, 0.1) is 0 Å². The van der Waals surface area contributed by atoms with Gasteiger partial charge in [-0.3, -0.25) is 5.43 Å². The highest BCUT2D eigenvalue weighted by Crippen LogP contribution is 2.11. The first kappa shape index (κ1) is 43.8. The average Bonchev–Trinajstić information content (AvgIpc) is 3.03. The van der Waals surface area contributed by atoms with Gasteiger partial charge in [-0.2, -0.15) is 0 Å². The lowest BCUT2D eigenvalue weighted by molar-refractivity contribution is 0.176. The minimum absolute atomic E-state index is 1.11. The van der Waals surface area contributed by atoms with Crippen LogP contribution in [-0.2, 0) is 0 Å². The number of rotatable bonds is 36.